The molecule has 21 heavy (non-hydrogen) atoms. The van der Waals surface area contributed by atoms with E-state index in [1.165, 1.54) is 12.1 Å². The molecule has 1 aliphatic rings. The van der Waals surface area contributed by atoms with Crippen LogP contribution in [0.15, 0.2) is 24.3 Å². The lowest BCUT2D eigenvalue weighted by atomic mass is 9.70. The van der Waals surface area contributed by atoms with Crippen molar-refractivity contribution in [1.29, 1.82) is 0 Å². The van der Waals surface area contributed by atoms with Gasteiger partial charge in [0.05, 0.1) is 6.61 Å². The predicted molar refractivity (Wildman–Crippen MR) is 85.1 cm³/mol. The fraction of sp³-hybridized carbons (Fsp3) is 0.562. The molecular weight excluding hydrogens is 289 g/mol. The quantitative estimate of drug-likeness (QED) is 0.861. The van der Waals surface area contributed by atoms with Crippen molar-refractivity contribution in [2.45, 2.75) is 32.7 Å². The van der Waals surface area contributed by atoms with E-state index in [2.05, 4.69) is 19.2 Å². The molecule has 0 bridgehead atoms. The standard InChI is InChI=1S/C16H22FNO2S/c1-4-20-14(19)16(11-21-10-9-15(16,2)3)18-13-7-5-12(17)6-8-13/h5-8,18H,4,9-11H2,1-3H3. The van der Waals surface area contributed by atoms with Crippen molar-refractivity contribution in [3.63, 3.8) is 0 Å². The van der Waals surface area contributed by atoms with Gasteiger partial charge in [-0.15, -0.1) is 0 Å². The number of benzene rings is 1. The number of thioether (sulfide) groups is 1. The first-order valence-corrected chi connectivity index (χ1v) is 8.35. The first-order chi connectivity index (χ1) is 9.91. The summed E-state index contributed by atoms with van der Waals surface area (Å²) in [5.74, 6) is 1.16. The third kappa shape index (κ3) is 3.18. The molecule has 1 aliphatic heterocycles. The minimum atomic E-state index is -0.788. The summed E-state index contributed by atoms with van der Waals surface area (Å²) < 4.78 is 18.4. The molecule has 1 saturated heterocycles. The molecular formula is C16H22FNO2S. The van der Waals surface area contributed by atoms with Crippen molar-refractivity contribution in [1.82, 2.24) is 0 Å². The van der Waals surface area contributed by atoms with Crippen molar-refractivity contribution in [2.24, 2.45) is 5.41 Å². The lowest BCUT2D eigenvalue weighted by Crippen LogP contribution is -2.62. The summed E-state index contributed by atoms with van der Waals surface area (Å²) in [5, 5.41) is 3.33. The highest BCUT2D eigenvalue weighted by atomic mass is 32.2. The Hall–Kier alpha value is -1.23. The molecule has 1 atom stereocenters. The summed E-state index contributed by atoms with van der Waals surface area (Å²) in [6, 6.07) is 6.10. The van der Waals surface area contributed by atoms with E-state index >= 15 is 0 Å². The van der Waals surface area contributed by atoms with Gasteiger partial charge in [0.1, 0.15) is 11.4 Å². The van der Waals surface area contributed by atoms with Crippen LogP contribution in [0.3, 0.4) is 0 Å². The third-order valence-corrected chi connectivity index (χ3v) is 5.30. The van der Waals surface area contributed by atoms with Gasteiger partial charge in [-0.1, -0.05) is 13.8 Å². The summed E-state index contributed by atoms with van der Waals surface area (Å²) in [7, 11) is 0. The van der Waals surface area contributed by atoms with Gasteiger partial charge in [-0.25, -0.2) is 9.18 Å². The molecule has 0 saturated carbocycles. The third-order valence-electron chi connectivity index (χ3n) is 4.17. The first-order valence-electron chi connectivity index (χ1n) is 7.20. The molecule has 1 N–H and O–H groups in total. The Morgan fingerprint density at radius 3 is 2.62 bits per heavy atom. The van der Waals surface area contributed by atoms with E-state index in [1.54, 1.807) is 23.9 Å². The SMILES string of the molecule is CCOC(=O)C1(Nc2ccc(F)cc2)CSCCC1(C)C. The van der Waals surface area contributed by atoms with Crippen LogP contribution >= 0.6 is 11.8 Å². The van der Waals surface area contributed by atoms with Crippen LogP contribution in [0.1, 0.15) is 27.2 Å². The Balaban J connectivity index is 2.35. The fourth-order valence-electron chi connectivity index (χ4n) is 2.59. The molecule has 0 radical (unpaired) electrons. The lowest BCUT2D eigenvalue weighted by Gasteiger charge is -2.48. The van der Waals surface area contributed by atoms with Crippen LogP contribution in [0, 0.1) is 11.2 Å². The number of carbonyl (C=O) groups excluding carboxylic acids is 1. The van der Waals surface area contributed by atoms with E-state index in [0.29, 0.717) is 12.4 Å². The number of hydrogen-bond acceptors (Lipinski definition) is 4. The second-order valence-corrected chi connectivity index (χ2v) is 7.05. The monoisotopic (exact) mass is 311 g/mol. The first kappa shape index (κ1) is 16.1. The van der Waals surface area contributed by atoms with Crippen LogP contribution in [0.4, 0.5) is 10.1 Å². The van der Waals surface area contributed by atoms with Gasteiger partial charge in [-0.3, -0.25) is 0 Å². The minimum absolute atomic E-state index is 0.230. The molecule has 1 aromatic carbocycles. The van der Waals surface area contributed by atoms with Gasteiger partial charge in [0, 0.05) is 16.9 Å². The maximum atomic E-state index is 13.1. The van der Waals surface area contributed by atoms with E-state index in [0.717, 1.165) is 17.9 Å². The number of carbonyl (C=O) groups is 1. The second kappa shape index (κ2) is 6.26. The Morgan fingerprint density at radius 1 is 1.38 bits per heavy atom. The minimum Gasteiger partial charge on any atom is -0.464 e. The average molecular weight is 311 g/mol. The molecule has 1 unspecified atom stereocenters. The summed E-state index contributed by atoms with van der Waals surface area (Å²) >= 11 is 1.74. The number of hydrogen-bond donors (Lipinski definition) is 1. The molecule has 1 fully saturated rings. The molecule has 0 spiro atoms. The summed E-state index contributed by atoms with van der Waals surface area (Å²) in [4.78, 5) is 12.6. The highest BCUT2D eigenvalue weighted by Gasteiger charge is 2.54. The van der Waals surface area contributed by atoms with Gasteiger partial charge in [-0.2, -0.15) is 11.8 Å². The van der Waals surface area contributed by atoms with E-state index < -0.39 is 5.54 Å². The maximum absolute atomic E-state index is 13.1. The fourth-order valence-corrected chi connectivity index (χ4v) is 4.27. The van der Waals surface area contributed by atoms with E-state index in [4.69, 9.17) is 4.74 Å². The molecule has 0 aliphatic carbocycles. The number of anilines is 1. The number of ether oxygens (including phenoxy) is 1. The second-order valence-electron chi connectivity index (χ2n) is 5.94. The zero-order valence-electron chi connectivity index (χ0n) is 12.7. The molecule has 0 amide bonds. The summed E-state index contributed by atoms with van der Waals surface area (Å²) in [6.45, 7) is 6.33. The lowest BCUT2D eigenvalue weighted by molar-refractivity contribution is -0.152. The molecule has 116 valence electrons. The van der Waals surface area contributed by atoms with Crippen molar-refractivity contribution in [3.8, 4) is 0 Å². The van der Waals surface area contributed by atoms with E-state index in [1.807, 2.05) is 6.92 Å². The molecule has 5 heteroatoms. The topological polar surface area (TPSA) is 38.3 Å². The summed E-state index contributed by atoms with van der Waals surface area (Å²) in [5.41, 5.74) is -0.289. The predicted octanol–water partition coefficient (Wildman–Crippen LogP) is 3.70. The van der Waals surface area contributed by atoms with Crippen LogP contribution in [-0.4, -0.2) is 29.6 Å². The Kier molecular flexibility index (Phi) is 4.81. The summed E-state index contributed by atoms with van der Waals surface area (Å²) in [6.07, 6.45) is 0.921. The normalized spacial score (nSPS) is 24.4. The van der Waals surface area contributed by atoms with Gasteiger partial charge in [0.25, 0.3) is 0 Å². The molecule has 1 heterocycles. The van der Waals surface area contributed by atoms with Crippen LogP contribution in [0.2, 0.25) is 0 Å². The average Bonchev–Trinajstić information content (AvgIpc) is 2.43. The number of halogens is 1. The van der Waals surface area contributed by atoms with E-state index in [9.17, 15) is 9.18 Å². The van der Waals surface area contributed by atoms with E-state index in [-0.39, 0.29) is 17.2 Å². The van der Waals surface area contributed by atoms with Crippen LogP contribution < -0.4 is 5.32 Å². The zero-order valence-corrected chi connectivity index (χ0v) is 13.6. The van der Waals surface area contributed by atoms with Crippen LogP contribution in [-0.2, 0) is 9.53 Å². The maximum Gasteiger partial charge on any atom is 0.333 e. The number of rotatable bonds is 4. The number of esters is 1. The zero-order chi connectivity index (χ0) is 15.5. The Bertz CT molecular complexity index is 504. The van der Waals surface area contributed by atoms with Gasteiger partial charge in [-0.05, 0) is 43.4 Å². The Morgan fingerprint density at radius 2 is 2.05 bits per heavy atom. The highest BCUT2D eigenvalue weighted by Crippen LogP contribution is 2.45. The molecule has 1 aromatic rings. The number of nitrogens with one attached hydrogen (secondary N) is 1. The van der Waals surface area contributed by atoms with Crippen LogP contribution in [0.5, 0.6) is 0 Å². The van der Waals surface area contributed by atoms with Gasteiger partial charge in [0.2, 0.25) is 0 Å². The van der Waals surface area contributed by atoms with Gasteiger partial charge in [0.15, 0.2) is 0 Å². The molecule has 2 rings (SSSR count). The molecule has 3 nitrogen and oxygen atoms in total. The van der Waals surface area contributed by atoms with Gasteiger partial charge >= 0.3 is 5.97 Å². The van der Waals surface area contributed by atoms with Gasteiger partial charge < -0.3 is 10.1 Å². The van der Waals surface area contributed by atoms with Crippen molar-refractivity contribution >= 4 is 23.4 Å². The highest BCUT2D eigenvalue weighted by molar-refractivity contribution is 7.99. The van der Waals surface area contributed by atoms with Crippen molar-refractivity contribution < 1.29 is 13.9 Å². The van der Waals surface area contributed by atoms with Crippen molar-refractivity contribution in [2.75, 3.05) is 23.4 Å². The van der Waals surface area contributed by atoms with Crippen LogP contribution in [0.25, 0.3) is 0 Å². The van der Waals surface area contributed by atoms with Crippen molar-refractivity contribution in [3.05, 3.63) is 30.1 Å². The smallest absolute Gasteiger partial charge is 0.333 e. The molecule has 0 aromatic heterocycles. The Labute approximate surface area is 129 Å². The largest absolute Gasteiger partial charge is 0.464 e.